The summed E-state index contributed by atoms with van der Waals surface area (Å²) in [7, 11) is 1.83. The lowest BCUT2D eigenvalue weighted by Gasteiger charge is -2.15. The lowest BCUT2D eigenvalue weighted by atomic mass is 10.1. The zero-order chi connectivity index (χ0) is 15.6. The Morgan fingerprint density at radius 3 is 2.62 bits per heavy atom. The highest BCUT2D eigenvalue weighted by Gasteiger charge is 2.13. The smallest absolute Gasteiger partial charge is 0.130 e. The van der Waals surface area contributed by atoms with Crippen molar-refractivity contribution in [2.24, 2.45) is 7.05 Å². The van der Waals surface area contributed by atoms with Gasteiger partial charge >= 0.3 is 0 Å². The van der Waals surface area contributed by atoms with E-state index in [9.17, 15) is 8.78 Å². The lowest BCUT2D eigenvalue weighted by molar-refractivity contribution is 0.517. The second-order valence-corrected chi connectivity index (χ2v) is 5.08. The van der Waals surface area contributed by atoms with Gasteiger partial charge in [-0.3, -0.25) is 0 Å². The number of aromatic nitrogens is 1. The maximum Gasteiger partial charge on any atom is 0.130 e. The molecule has 2 rings (SSSR count). The van der Waals surface area contributed by atoms with Crippen molar-refractivity contribution in [1.29, 1.82) is 5.26 Å². The molecule has 0 bridgehead atoms. The largest absolute Gasteiger partial charge is 0.340 e. The normalized spacial score (nSPS) is 12.2. The maximum absolute atomic E-state index is 13.7. The summed E-state index contributed by atoms with van der Waals surface area (Å²) >= 11 is 0. The number of nitriles is 1. The Bertz CT molecular complexity index is 698. The van der Waals surface area contributed by atoms with Gasteiger partial charge in [-0.2, -0.15) is 5.26 Å². The van der Waals surface area contributed by atoms with Gasteiger partial charge in [0.25, 0.3) is 0 Å². The molecule has 1 aromatic heterocycles. The van der Waals surface area contributed by atoms with Crippen LogP contribution >= 0.6 is 0 Å². The van der Waals surface area contributed by atoms with E-state index in [1.807, 2.05) is 31.5 Å². The molecular formula is C16H17F2N3. The fraction of sp³-hybridized carbons (Fsp3) is 0.312. The van der Waals surface area contributed by atoms with Crippen LogP contribution in [0, 0.1) is 29.9 Å². The molecule has 1 unspecified atom stereocenters. The van der Waals surface area contributed by atoms with Crippen LogP contribution in [0.4, 0.5) is 8.78 Å². The Labute approximate surface area is 122 Å². The fourth-order valence-electron chi connectivity index (χ4n) is 2.27. The zero-order valence-corrected chi connectivity index (χ0v) is 12.2. The topological polar surface area (TPSA) is 40.8 Å². The molecule has 0 aliphatic rings. The number of rotatable bonds is 4. The van der Waals surface area contributed by atoms with Crippen molar-refractivity contribution in [2.45, 2.75) is 26.4 Å². The number of benzene rings is 1. The SMILES string of the molecule is Cc1c(CNC(C)c2ccc(F)cc2F)cc(C#N)n1C. The molecule has 1 atom stereocenters. The highest BCUT2D eigenvalue weighted by Crippen LogP contribution is 2.19. The maximum atomic E-state index is 13.7. The molecule has 3 nitrogen and oxygen atoms in total. The minimum atomic E-state index is -0.582. The van der Waals surface area contributed by atoms with Crippen LogP contribution in [-0.2, 0) is 13.6 Å². The highest BCUT2D eigenvalue weighted by atomic mass is 19.1. The zero-order valence-electron chi connectivity index (χ0n) is 12.2. The Kier molecular flexibility index (Phi) is 4.39. The van der Waals surface area contributed by atoms with Gasteiger partial charge in [0.2, 0.25) is 0 Å². The molecular weight excluding hydrogens is 272 g/mol. The molecule has 2 aromatic rings. The molecule has 1 heterocycles. The average Bonchev–Trinajstić information content (AvgIpc) is 2.72. The Balaban J connectivity index is 2.11. The second-order valence-electron chi connectivity index (χ2n) is 5.08. The van der Waals surface area contributed by atoms with Crippen molar-refractivity contribution < 1.29 is 8.78 Å². The summed E-state index contributed by atoms with van der Waals surface area (Å²) in [6.45, 7) is 4.26. The van der Waals surface area contributed by atoms with Gasteiger partial charge in [-0.1, -0.05) is 6.07 Å². The van der Waals surface area contributed by atoms with Gasteiger partial charge in [-0.05, 0) is 31.5 Å². The van der Waals surface area contributed by atoms with Crippen LogP contribution in [0.25, 0.3) is 0 Å². The monoisotopic (exact) mass is 289 g/mol. The standard InChI is InChI=1S/C16H17F2N3/c1-10(15-5-4-13(17)7-16(15)18)20-9-12-6-14(8-19)21(3)11(12)2/h4-7,10,20H,9H2,1-3H3. The molecule has 0 aliphatic carbocycles. The van der Waals surface area contributed by atoms with E-state index in [-0.39, 0.29) is 6.04 Å². The summed E-state index contributed by atoms with van der Waals surface area (Å²) in [6.07, 6.45) is 0. The van der Waals surface area contributed by atoms with Crippen LogP contribution in [-0.4, -0.2) is 4.57 Å². The third kappa shape index (κ3) is 3.11. The lowest BCUT2D eigenvalue weighted by Crippen LogP contribution is -2.19. The summed E-state index contributed by atoms with van der Waals surface area (Å²) < 4.78 is 28.4. The van der Waals surface area contributed by atoms with E-state index in [0.717, 1.165) is 17.3 Å². The third-order valence-corrected chi connectivity index (χ3v) is 3.78. The molecule has 0 saturated heterocycles. The van der Waals surface area contributed by atoms with Crippen molar-refractivity contribution in [3.05, 3.63) is 58.4 Å². The molecule has 1 N–H and O–H groups in total. The van der Waals surface area contributed by atoms with Crippen LogP contribution < -0.4 is 5.32 Å². The predicted octanol–water partition coefficient (Wildman–Crippen LogP) is 3.33. The van der Waals surface area contributed by atoms with E-state index in [4.69, 9.17) is 5.26 Å². The van der Waals surface area contributed by atoms with E-state index in [1.165, 1.54) is 12.1 Å². The molecule has 21 heavy (non-hydrogen) atoms. The third-order valence-electron chi connectivity index (χ3n) is 3.78. The van der Waals surface area contributed by atoms with Gasteiger partial charge in [-0.25, -0.2) is 8.78 Å². The minimum Gasteiger partial charge on any atom is -0.340 e. The van der Waals surface area contributed by atoms with E-state index < -0.39 is 11.6 Å². The summed E-state index contributed by atoms with van der Waals surface area (Å²) in [5, 5.41) is 12.2. The van der Waals surface area contributed by atoms with Crippen LogP contribution in [0.3, 0.4) is 0 Å². The Morgan fingerprint density at radius 1 is 1.33 bits per heavy atom. The predicted molar refractivity (Wildman–Crippen MR) is 76.5 cm³/mol. The van der Waals surface area contributed by atoms with E-state index in [0.29, 0.717) is 17.8 Å². The van der Waals surface area contributed by atoms with E-state index in [1.54, 1.807) is 0 Å². The highest BCUT2D eigenvalue weighted by molar-refractivity contribution is 5.34. The van der Waals surface area contributed by atoms with Crippen LogP contribution in [0.15, 0.2) is 24.3 Å². The van der Waals surface area contributed by atoms with E-state index >= 15 is 0 Å². The number of nitrogens with zero attached hydrogens (tertiary/aromatic N) is 2. The Hall–Kier alpha value is -2.19. The van der Waals surface area contributed by atoms with Gasteiger partial charge in [0.15, 0.2) is 0 Å². The van der Waals surface area contributed by atoms with Crippen molar-refractivity contribution >= 4 is 0 Å². The van der Waals surface area contributed by atoms with E-state index in [2.05, 4.69) is 11.4 Å². The number of nitrogens with one attached hydrogen (secondary N) is 1. The molecule has 0 aliphatic heterocycles. The van der Waals surface area contributed by atoms with Gasteiger partial charge in [0, 0.05) is 37.0 Å². The van der Waals surface area contributed by atoms with Crippen molar-refractivity contribution in [2.75, 3.05) is 0 Å². The van der Waals surface area contributed by atoms with Crippen LogP contribution in [0.2, 0.25) is 0 Å². The van der Waals surface area contributed by atoms with Crippen molar-refractivity contribution in [1.82, 2.24) is 9.88 Å². The molecule has 0 radical (unpaired) electrons. The average molecular weight is 289 g/mol. The first-order valence-corrected chi connectivity index (χ1v) is 6.67. The molecule has 5 heteroatoms. The minimum absolute atomic E-state index is 0.254. The van der Waals surface area contributed by atoms with Crippen LogP contribution in [0.5, 0.6) is 0 Å². The van der Waals surface area contributed by atoms with Gasteiger partial charge in [0.05, 0.1) is 0 Å². The second kappa shape index (κ2) is 6.06. The van der Waals surface area contributed by atoms with Gasteiger partial charge < -0.3 is 9.88 Å². The van der Waals surface area contributed by atoms with Crippen LogP contribution in [0.1, 0.15) is 35.5 Å². The molecule has 0 saturated carbocycles. The number of hydrogen-bond acceptors (Lipinski definition) is 2. The first kappa shape index (κ1) is 15.2. The molecule has 110 valence electrons. The molecule has 0 amide bonds. The summed E-state index contributed by atoms with van der Waals surface area (Å²) in [4.78, 5) is 0. The molecule has 0 spiro atoms. The first-order chi connectivity index (χ1) is 9.93. The van der Waals surface area contributed by atoms with Gasteiger partial charge in [-0.15, -0.1) is 0 Å². The number of hydrogen-bond donors (Lipinski definition) is 1. The molecule has 1 aromatic carbocycles. The molecule has 0 fully saturated rings. The summed E-state index contributed by atoms with van der Waals surface area (Å²) in [5.41, 5.74) is 2.99. The Morgan fingerprint density at radius 2 is 2.05 bits per heavy atom. The fourth-order valence-corrected chi connectivity index (χ4v) is 2.27. The summed E-state index contributed by atoms with van der Waals surface area (Å²) in [5.74, 6) is -1.14. The quantitative estimate of drug-likeness (QED) is 0.938. The summed E-state index contributed by atoms with van der Waals surface area (Å²) in [6, 6.07) is 7.26. The first-order valence-electron chi connectivity index (χ1n) is 6.67. The van der Waals surface area contributed by atoms with Crippen molar-refractivity contribution in [3.8, 4) is 6.07 Å². The van der Waals surface area contributed by atoms with Crippen molar-refractivity contribution in [3.63, 3.8) is 0 Å². The number of halogens is 2. The van der Waals surface area contributed by atoms with Gasteiger partial charge in [0.1, 0.15) is 23.4 Å².